The molecule has 1 saturated carbocycles. The molecule has 4 heterocycles. The predicted octanol–water partition coefficient (Wildman–Crippen LogP) is 2.22. The highest BCUT2D eigenvalue weighted by molar-refractivity contribution is 5.98. The number of methoxy groups -OCH3 is 2. The second-order valence-corrected chi connectivity index (χ2v) is 18.2. The number of aromatic nitrogens is 3. The van der Waals surface area contributed by atoms with E-state index >= 15 is 0 Å². The summed E-state index contributed by atoms with van der Waals surface area (Å²) in [6, 6.07) is -0.738. The predicted molar refractivity (Wildman–Crippen MR) is 222 cm³/mol. The highest BCUT2D eigenvalue weighted by Gasteiger charge is 2.51. The normalized spacial score (nSPS) is 41.0. The maximum atomic E-state index is 14.7. The summed E-state index contributed by atoms with van der Waals surface area (Å²) in [4.78, 5) is 30.3. The number of aliphatic hydroxyl groups excluding tert-OH is 4. The summed E-state index contributed by atoms with van der Waals surface area (Å²) < 4.78 is 44.4. The highest BCUT2D eigenvalue weighted by atomic mass is 16.7. The van der Waals surface area contributed by atoms with Crippen LogP contribution < -0.4 is 0 Å². The fourth-order valence-corrected chi connectivity index (χ4v) is 9.56. The van der Waals surface area contributed by atoms with Crippen molar-refractivity contribution < 1.29 is 63.2 Å². The molecule has 2 saturated heterocycles. The Balaban J connectivity index is 1.55. The summed E-state index contributed by atoms with van der Waals surface area (Å²) in [5.74, 6) is -2.95. The molecule has 0 bridgehead atoms. The molecule has 0 aromatic carbocycles. The lowest BCUT2D eigenvalue weighted by molar-refractivity contribution is -0.304. The van der Waals surface area contributed by atoms with Crippen molar-refractivity contribution in [3.05, 3.63) is 35.2 Å². The number of carbonyl (C=O) groups is 2. The number of carbonyl (C=O) groups excluding carboxylic acids is 2. The minimum atomic E-state index is -1.44. The number of fused-ring (bicyclic) bond motifs is 1. The van der Waals surface area contributed by atoms with Gasteiger partial charge in [0.2, 0.25) is 0 Å². The summed E-state index contributed by atoms with van der Waals surface area (Å²) in [5.41, 5.74) is 1.82. The minimum absolute atomic E-state index is 0.0232. The minimum Gasteiger partial charge on any atom is -0.462 e. The number of likely N-dealkylation sites (N-methyl/N-ethyl adjacent to an activating group) is 1. The lowest BCUT2D eigenvalue weighted by atomic mass is 9.79. The highest BCUT2D eigenvalue weighted by Crippen LogP contribution is 2.42. The molecule has 5 rings (SSSR count). The average molecular weight is 865 g/mol. The van der Waals surface area contributed by atoms with Gasteiger partial charge in [0.1, 0.15) is 30.5 Å². The lowest BCUT2D eigenvalue weighted by Crippen LogP contribution is -2.63. The van der Waals surface area contributed by atoms with Gasteiger partial charge < -0.3 is 58.5 Å². The molecular formula is C44H72N4O13. The van der Waals surface area contributed by atoms with Crippen LogP contribution in [0.4, 0.5) is 0 Å². The maximum absolute atomic E-state index is 14.7. The van der Waals surface area contributed by atoms with Gasteiger partial charge in [-0.05, 0) is 72.4 Å². The number of rotatable bonds is 14. The van der Waals surface area contributed by atoms with Gasteiger partial charge in [-0.25, -0.2) is 0 Å². The number of ether oxygens (including phenoxy) is 7. The van der Waals surface area contributed by atoms with Crippen LogP contribution in [0, 0.1) is 29.6 Å². The SMILES string of the molecule is CC[C@H]1OC(=O)C[C@@H](O)[C@@H]2/C(=C\C(C)=C\[C@@H]1COC1OC(C)C(O)C(OC)C1OC)C(=O)[C@H](C)C[C@H](CCn1cc(CC(C)C)nn1)[C@@H]2O[C@@H]1O[C@H](C)C(O)C(N(C)C)C1O. The third-order valence-corrected chi connectivity index (χ3v) is 12.8. The van der Waals surface area contributed by atoms with E-state index in [9.17, 15) is 30.0 Å². The van der Waals surface area contributed by atoms with Gasteiger partial charge >= 0.3 is 5.97 Å². The Kier molecular flexibility index (Phi) is 17.6. The van der Waals surface area contributed by atoms with Gasteiger partial charge in [-0.3, -0.25) is 14.3 Å². The molecule has 17 atom stereocenters. The molecule has 17 nitrogen and oxygen atoms in total. The van der Waals surface area contributed by atoms with E-state index in [0.717, 1.165) is 12.1 Å². The van der Waals surface area contributed by atoms with Gasteiger partial charge in [-0.1, -0.05) is 50.6 Å². The molecule has 1 aromatic rings. The first kappa shape index (κ1) is 49.3. The Labute approximate surface area is 360 Å². The molecule has 1 aromatic heterocycles. The number of cyclic esters (lactones) is 1. The molecule has 346 valence electrons. The third kappa shape index (κ3) is 11.7. The average Bonchev–Trinajstić information content (AvgIpc) is 3.60. The Morgan fingerprint density at radius 1 is 0.951 bits per heavy atom. The molecule has 61 heavy (non-hydrogen) atoms. The van der Waals surface area contributed by atoms with Crippen molar-refractivity contribution in [3.8, 4) is 0 Å². The number of allylic oxidation sites excluding steroid dienone is 2. The van der Waals surface area contributed by atoms with Crippen molar-refractivity contribution in [1.82, 2.24) is 19.9 Å². The third-order valence-electron chi connectivity index (χ3n) is 12.8. The maximum Gasteiger partial charge on any atom is 0.308 e. The summed E-state index contributed by atoms with van der Waals surface area (Å²) in [5, 5.41) is 54.4. The van der Waals surface area contributed by atoms with Gasteiger partial charge in [-0.2, -0.15) is 0 Å². The Hall–Kier alpha value is -2.68. The summed E-state index contributed by atoms with van der Waals surface area (Å²) in [7, 11) is 6.47. The second-order valence-electron chi connectivity index (χ2n) is 18.2. The van der Waals surface area contributed by atoms with E-state index in [1.165, 1.54) is 14.2 Å². The zero-order valence-electron chi connectivity index (χ0n) is 37.8. The van der Waals surface area contributed by atoms with E-state index in [-0.39, 0.29) is 18.0 Å². The fraction of sp³-hybridized carbons (Fsp3) is 0.818. The Morgan fingerprint density at radius 3 is 2.26 bits per heavy atom. The second kappa shape index (κ2) is 21.8. The molecule has 3 aliphatic heterocycles. The molecule has 1 aliphatic carbocycles. The first-order chi connectivity index (χ1) is 28.9. The molecule has 0 amide bonds. The fourth-order valence-electron chi connectivity index (χ4n) is 9.56. The molecule has 4 N–H and O–H groups in total. The van der Waals surface area contributed by atoms with Crippen LogP contribution in [0.2, 0.25) is 0 Å². The molecule has 8 unspecified atom stereocenters. The number of hydrogen-bond acceptors (Lipinski definition) is 16. The zero-order valence-corrected chi connectivity index (χ0v) is 37.8. The molecule has 17 heteroatoms. The van der Waals surface area contributed by atoms with Gasteiger partial charge in [0.05, 0.1) is 55.3 Å². The number of hydrogen-bond donors (Lipinski definition) is 4. The number of nitrogens with zero attached hydrogens (tertiary/aromatic N) is 4. The van der Waals surface area contributed by atoms with Crippen LogP contribution in [0.3, 0.4) is 0 Å². The van der Waals surface area contributed by atoms with Crippen LogP contribution in [-0.4, -0.2) is 167 Å². The first-order valence-electron chi connectivity index (χ1n) is 21.9. The van der Waals surface area contributed by atoms with Crippen LogP contribution >= 0.6 is 0 Å². The number of ketones is 1. The van der Waals surface area contributed by atoms with E-state index < -0.39 is 116 Å². The van der Waals surface area contributed by atoms with Crippen LogP contribution in [0.25, 0.3) is 0 Å². The summed E-state index contributed by atoms with van der Waals surface area (Å²) in [6.45, 7) is 13.7. The van der Waals surface area contributed by atoms with Crippen molar-refractivity contribution >= 4 is 11.8 Å². The van der Waals surface area contributed by atoms with Crippen LogP contribution in [-0.2, 0) is 55.7 Å². The van der Waals surface area contributed by atoms with Crippen LogP contribution in [0.1, 0.15) is 79.8 Å². The smallest absolute Gasteiger partial charge is 0.308 e. The van der Waals surface area contributed by atoms with Crippen LogP contribution in [0.15, 0.2) is 29.5 Å². The summed E-state index contributed by atoms with van der Waals surface area (Å²) in [6.07, 6.45) is -4.14. The van der Waals surface area contributed by atoms with E-state index in [4.69, 9.17) is 33.2 Å². The monoisotopic (exact) mass is 865 g/mol. The Morgan fingerprint density at radius 2 is 1.62 bits per heavy atom. The summed E-state index contributed by atoms with van der Waals surface area (Å²) >= 11 is 0. The molecular weight excluding hydrogens is 792 g/mol. The first-order valence-corrected chi connectivity index (χ1v) is 21.9. The standard InChI is InChI=1S/C44H72N4O13/c1-12-32-28(21-57-44-42(56-11)41(55-10)38(53)26(7)59-44)16-23(4)17-30-34(31(49)19-33(50)60-32)40(61-43-39(54)35(47(8)9)37(52)25(6)58-43)27(18-24(5)36(30)51)13-14-48-20-29(45-46-48)15-22(2)3/h16-17,20,22,24-28,31-32,34-35,37-44,49,52-54H,12-15,18-19,21H2,1-11H3/b23-16+,30-17+/t24-,25-,26?,27+,28-,31-,32-,34+,35?,37?,38?,39?,40+,41?,42?,43+,44?/m1/s1. The van der Waals surface area contributed by atoms with Crippen molar-refractivity contribution in [2.45, 2.75) is 167 Å². The van der Waals surface area contributed by atoms with Crippen molar-refractivity contribution in [2.24, 2.45) is 29.6 Å². The van der Waals surface area contributed by atoms with Gasteiger partial charge in [-0.15, -0.1) is 5.10 Å². The number of esters is 1. The van der Waals surface area contributed by atoms with Gasteiger partial charge in [0.15, 0.2) is 18.4 Å². The number of aliphatic hydroxyl groups is 4. The van der Waals surface area contributed by atoms with Crippen molar-refractivity contribution in [3.63, 3.8) is 0 Å². The van der Waals surface area contributed by atoms with Gasteiger partial charge in [0, 0.05) is 50.3 Å². The van der Waals surface area contributed by atoms with E-state index in [0.29, 0.717) is 37.3 Å². The van der Waals surface area contributed by atoms with Crippen LogP contribution in [0.5, 0.6) is 0 Å². The molecule has 3 fully saturated rings. The van der Waals surface area contributed by atoms with Crippen molar-refractivity contribution in [1.29, 1.82) is 0 Å². The molecule has 4 aliphatic rings. The molecule has 0 spiro atoms. The lowest BCUT2D eigenvalue weighted by Gasteiger charge is -2.46. The Bertz CT molecular complexity index is 1650. The number of aryl methyl sites for hydroxylation is 1. The zero-order chi connectivity index (χ0) is 44.9. The van der Waals surface area contributed by atoms with E-state index in [2.05, 4.69) is 24.2 Å². The van der Waals surface area contributed by atoms with Gasteiger partial charge in [0.25, 0.3) is 0 Å². The quantitative estimate of drug-likeness (QED) is 0.198. The van der Waals surface area contributed by atoms with E-state index in [1.54, 1.807) is 43.6 Å². The topological polar surface area (TPSA) is 214 Å². The van der Waals surface area contributed by atoms with E-state index in [1.807, 2.05) is 33.0 Å². The number of Topliss-reactive ketones (excluding diaryl/α,β-unsaturated/α-hetero) is 1. The van der Waals surface area contributed by atoms with Crippen molar-refractivity contribution in [2.75, 3.05) is 34.9 Å². The largest absolute Gasteiger partial charge is 0.462 e. The molecule has 0 radical (unpaired) electrons.